The molecule has 3 heterocycles. The lowest BCUT2D eigenvalue weighted by atomic mass is 9.89. The van der Waals surface area contributed by atoms with Gasteiger partial charge in [0.15, 0.2) is 5.82 Å². The lowest BCUT2D eigenvalue weighted by molar-refractivity contribution is 0.670. The molecule has 14 aromatic rings. The van der Waals surface area contributed by atoms with E-state index in [9.17, 15) is 0 Å². The van der Waals surface area contributed by atoms with Gasteiger partial charge in [0.25, 0.3) is 0 Å². The van der Waals surface area contributed by atoms with Crippen molar-refractivity contribution in [2.45, 2.75) is 0 Å². The van der Waals surface area contributed by atoms with E-state index in [1.807, 2.05) is 17.4 Å². The van der Waals surface area contributed by atoms with Crippen molar-refractivity contribution in [1.29, 1.82) is 0 Å². The van der Waals surface area contributed by atoms with Gasteiger partial charge in [-0.15, -0.1) is 11.3 Å². The number of fused-ring (bicyclic) bond motifs is 16. The van der Waals surface area contributed by atoms with Crippen LogP contribution in [0, 0.1) is 0 Å². The van der Waals surface area contributed by atoms with Gasteiger partial charge in [-0.05, 0) is 102 Å². The third-order valence-electron chi connectivity index (χ3n) is 13.2. The van der Waals surface area contributed by atoms with Crippen LogP contribution in [0.2, 0.25) is 0 Å². The van der Waals surface area contributed by atoms with Crippen LogP contribution in [-0.4, -0.2) is 9.97 Å². The Morgan fingerprint density at radius 1 is 0.344 bits per heavy atom. The lowest BCUT2D eigenvalue weighted by Gasteiger charge is -2.15. The van der Waals surface area contributed by atoms with Gasteiger partial charge in [0.2, 0.25) is 0 Å². The second-order valence-corrected chi connectivity index (χ2v) is 17.8. The van der Waals surface area contributed by atoms with Crippen LogP contribution in [0.15, 0.2) is 211 Å². The molecule has 0 aliphatic carbocycles. The quantitative estimate of drug-likeness (QED) is 0.166. The monoisotopic (exact) mass is 830 g/mol. The van der Waals surface area contributed by atoms with Gasteiger partial charge in [-0.2, -0.15) is 0 Å². The SMILES string of the molecule is c1ccc(-c2cc(-c3cccc4c3oc3ccc5ccccc5c34)nc(-c3cccc(-c4cc5c6ccccc6c6ccccc6c5c5sc6cc7ccccc7cc6c45)c3)n2)cc1. The topological polar surface area (TPSA) is 38.9 Å². The standard InChI is InChI=1S/C60H34N2OS/c1-2-15-36(16-3-1)51-34-52(46-26-13-27-47-55-41-21-7-6-14-35(41)28-29-53(55)63-58(46)47)62-60(61-51)40-20-12-19-39(30-40)48-33-49-44-24-9-8-22-42(44)43-23-10-11-25-45(43)56(49)59-57(48)50-31-37-17-4-5-18-38(37)32-54(50)64-59/h1-34H. The number of rotatable bonds is 4. The maximum Gasteiger partial charge on any atom is 0.160 e. The fourth-order valence-electron chi connectivity index (χ4n) is 10.3. The van der Waals surface area contributed by atoms with Crippen molar-refractivity contribution in [1.82, 2.24) is 9.97 Å². The predicted molar refractivity (Wildman–Crippen MR) is 271 cm³/mol. The second kappa shape index (κ2) is 13.7. The average Bonchev–Trinajstić information content (AvgIpc) is 3.94. The van der Waals surface area contributed by atoms with E-state index in [1.165, 1.54) is 79.6 Å². The van der Waals surface area contributed by atoms with Crippen LogP contribution in [0.3, 0.4) is 0 Å². The Hall–Kier alpha value is -8.18. The Morgan fingerprint density at radius 2 is 0.969 bits per heavy atom. The smallest absolute Gasteiger partial charge is 0.160 e. The maximum atomic E-state index is 6.74. The van der Waals surface area contributed by atoms with E-state index in [4.69, 9.17) is 14.4 Å². The van der Waals surface area contributed by atoms with Crippen LogP contribution >= 0.6 is 11.3 Å². The molecule has 0 atom stereocenters. The van der Waals surface area contributed by atoms with Crippen molar-refractivity contribution < 1.29 is 4.42 Å². The zero-order valence-electron chi connectivity index (χ0n) is 34.3. The number of hydrogen-bond donors (Lipinski definition) is 0. The molecule has 0 radical (unpaired) electrons. The van der Waals surface area contributed by atoms with Gasteiger partial charge in [-0.25, -0.2) is 9.97 Å². The van der Waals surface area contributed by atoms with Crippen molar-refractivity contribution in [3.8, 4) is 45.0 Å². The molecule has 0 amide bonds. The van der Waals surface area contributed by atoms with Gasteiger partial charge in [0.05, 0.1) is 11.4 Å². The molecule has 3 nitrogen and oxygen atoms in total. The summed E-state index contributed by atoms with van der Waals surface area (Å²) in [5.74, 6) is 0.659. The first-order valence-corrected chi connectivity index (χ1v) is 22.5. The highest BCUT2D eigenvalue weighted by atomic mass is 32.1. The molecule has 14 rings (SSSR count). The van der Waals surface area contributed by atoms with Crippen molar-refractivity contribution in [3.05, 3.63) is 206 Å². The Kier molecular flexibility index (Phi) is 7.56. The highest BCUT2D eigenvalue weighted by Gasteiger charge is 2.22. The summed E-state index contributed by atoms with van der Waals surface area (Å²) >= 11 is 1.91. The summed E-state index contributed by atoms with van der Waals surface area (Å²) in [6, 6.07) is 74.2. The first kappa shape index (κ1) is 35.4. The van der Waals surface area contributed by atoms with Crippen LogP contribution in [0.5, 0.6) is 0 Å². The highest BCUT2D eigenvalue weighted by molar-refractivity contribution is 7.27. The van der Waals surface area contributed by atoms with Gasteiger partial charge in [0.1, 0.15) is 11.2 Å². The molecular weight excluding hydrogens is 797 g/mol. The zero-order valence-corrected chi connectivity index (χ0v) is 35.2. The fourth-order valence-corrected chi connectivity index (χ4v) is 11.6. The molecule has 0 aliphatic heterocycles. The number of nitrogens with zero attached hydrogens (tertiary/aromatic N) is 2. The van der Waals surface area contributed by atoms with Crippen LogP contribution in [-0.2, 0) is 0 Å². The molecular formula is C60H34N2OS. The number of hydrogen-bond acceptors (Lipinski definition) is 4. The van der Waals surface area contributed by atoms with Crippen molar-refractivity contribution in [2.24, 2.45) is 0 Å². The minimum Gasteiger partial charge on any atom is -0.455 e. The lowest BCUT2D eigenvalue weighted by Crippen LogP contribution is -1.96. The zero-order chi connectivity index (χ0) is 41.9. The molecule has 11 aromatic carbocycles. The fraction of sp³-hybridized carbons (Fsp3) is 0. The molecule has 0 aliphatic rings. The molecule has 296 valence electrons. The second-order valence-electron chi connectivity index (χ2n) is 16.8. The number of furan rings is 1. The maximum absolute atomic E-state index is 6.74. The number of benzene rings is 11. The molecule has 0 N–H and O–H groups in total. The van der Waals surface area contributed by atoms with E-state index in [1.54, 1.807) is 0 Å². The highest BCUT2D eigenvalue weighted by Crippen LogP contribution is 2.49. The minimum absolute atomic E-state index is 0.659. The third-order valence-corrected chi connectivity index (χ3v) is 14.4. The Bertz CT molecular complexity index is 4260. The largest absolute Gasteiger partial charge is 0.455 e. The van der Waals surface area contributed by atoms with E-state index in [0.717, 1.165) is 55.6 Å². The van der Waals surface area contributed by atoms with E-state index in [-0.39, 0.29) is 0 Å². The Labute approximate surface area is 371 Å². The summed E-state index contributed by atoms with van der Waals surface area (Å²) in [5.41, 5.74) is 8.57. The average molecular weight is 831 g/mol. The van der Waals surface area contributed by atoms with Crippen LogP contribution in [0.4, 0.5) is 0 Å². The van der Waals surface area contributed by atoms with Crippen LogP contribution < -0.4 is 0 Å². The van der Waals surface area contributed by atoms with E-state index in [2.05, 4.69) is 200 Å². The molecule has 0 unspecified atom stereocenters. The first-order valence-electron chi connectivity index (χ1n) is 21.7. The first-order chi connectivity index (χ1) is 31.7. The molecule has 0 spiro atoms. The van der Waals surface area contributed by atoms with Gasteiger partial charge in [0, 0.05) is 53.0 Å². The molecule has 3 aromatic heterocycles. The molecule has 0 saturated carbocycles. The molecule has 64 heavy (non-hydrogen) atoms. The number of aromatic nitrogens is 2. The van der Waals surface area contributed by atoms with Gasteiger partial charge >= 0.3 is 0 Å². The number of thiophene rings is 1. The van der Waals surface area contributed by atoms with Gasteiger partial charge in [-0.1, -0.05) is 164 Å². The Balaban J connectivity index is 1.03. The van der Waals surface area contributed by atoms with Crippen LogP contribution in [0.1, 0.15) is 0 Å². The van der Waals surface area contributed by atoms with Gasteiger partial charge < -0.3 is 4.42 Å². The predicted octanol–water partition coefficient (Wildman–Crippen LogP) is 17.2. The molecule has 0 fully saturated rings. The van der Waals surface area contributed by atoms with E-state index in [0.29, 0.717) is 5.82 Å². The van der Waals surface area contributed by atoms with Gasteiger partial charge in [-0.3, -0.25) is 0 Å². The minimum atomic E-state index is 0.659. The summed E-state index contributed by atoms with van der Waals surface area (Å²) < 4.78 is 9.33. The van der Waals surface area contributed by atoms with Crippen LogP contribution in [0.25, 0.3) is 141 Å². The normalized spacial score (nSPS) is 12.1. The van der Waals surface area contributed by atoms with E-state index < -0.39 is 0 Å². The molecule has 0 saturated heterocycles. The third kappa shape index (κ3) is 5.27. The summed E-state index contributed by atoms with van der Waals surface area (Å²) in [6.07, 6.45) is 0. The van der Waals surface area contributed by atoms with Crippen molar-refractivity contribution >= 4 is 107 Å². The van der Waals surface area contributed by atoms with Crippen molar-refractivity contribution in [2.75, 3.05) is 0 Å². The van der Waals surface area contributed by atoms with E-state index >= 15 is 0 Å². The molecule has 0 bridgehead atoms. The van der Waals surface area contributed by atoms with Crippen molar-refractivity contribution in [3.63, 3.8) is 0 Å². The summed E-state index contributed by atoms with van der Waals surface area (Å²) in [4.78, 5) is 10.7. The summed E-state index contributed by atoms with van der Waals surface area (Å²) in [6.45, 7) is 0. The molecule has 4 heteroatoms. The summed E-state index contributed by atoms with van der Waals surface area (Å²) in [5, 5.41) is 17.3. The number of para-hydroxylation sites is 1. The summed E-state index contributed by atoms with van der Waals surface area (Å²) in [7, 11) is 0. The Morgan fingerprint density at radius 3 is 1.80 bits per heavy atom.